The predicted molar refractivity (Wildman–Crippen MR) is 81.1 cm³/mol. The van der Waals surface area contributed by atoms with Crippen molar-refractivity contribution >= 4 is 29.2 Å². The minimum Gasteiger partial charge on any atom is -0.466 e. The number of esters is 1. The molecule has 112 valence electrons. The summed E-state index contributed by atoms with van der Waals surface area (Å²) in [6.45, 7) is 5.59. The molecular formula is C15H20Cl2O3. The Hall–Kier alpha value is -0.770. The first-order valence-corrected chi connectivity index (χ1v) is 7.44. The molecule has 2 unspecified atom stereocenters. The fraction of sp³-hybridized carbons (Fsp3) is 0.533. The van der Waals surface area contributed by atoms with Gasteiger partial charge in [0.25, 0.3) is 0 Å². The summed E-state index contributed by atoms with van der Waals surface area (Å²) in [5, 5.41) is 11.5. The van der Waals surface area contributed by atoms with E-state index in [4.69, 9.17) is 27.9 Å². The molecule has 0 aliphatic rings. The molecule has 20 heavy (non-hydrogen) atoms. The van der Waals surface area contributed by atoms with Gasteiger partial charge in [-0.25, -0.2) is 0 Å². The van der Waals surface area contributed by atoms with Crippen LogP contribution in [0, 0.1) is 5.92 Å². The molecule has 5 heteroatoms. The van der Waals surface area contributed by atoms with Gasteiger partial charge in [0, 0.05) is 0 Å². The van der Waals surface area contributed by atoms with E-state index in [-0.39, 0.29) is 6.61 Å². The van der Waals surface area contributed by atoms with Gasteiger partial charge in [0.1, 0.15) is 5.60 Å². The van der Waals surface area contributed by atoms with Crippen molar-refractivity contribution in [3.63, 3.8) is 0 Å². The van der Waals surface area contributed by atoms with Gasteiger partial charge in [-0.1, -0.05) is 42.6 Å². The van der Waals surface area contributed by atoms with E-state index in [2.05, 4.69) is 0 Å². The number of rotatable bonds is 6. The lowest BCUT2D eigenvalue weighted by Gasteiger charge is -2.32. The van der Waals surface area contributed by atoms with Crippen LogP contribution in [0.25, 0.3) is 0 Å². The van der Waals surface area contributed by atoms with E-state index < -0.39 is 17.5 Å². The Bertz CT molecular complexity index is 472. The first-order chi connectivity index (χ1) is 9.34. The van der Waals surface area contributed by atoms with Gasteiger partial charge < -0.3 is 9.84 Å². The summed E-state index contributed by atoms with van der Waals surface area (Å²) in [7, 11) is 0. The highest BCUT2D eigenvalue weighted by Gasteiger charge is 2.39. The Kier molecular flexibility index (Phi) is 6.31. The van der Waals surface area contributed by atoms with E-state index >= 15 is 0 Å². The van der Waals surface area contributed by atoms with Gasteiger partial charge in [-0.3, -0.25) is 4.79 Å². The molecule has 1 aromatic rings. The van der Waals surface area contributed by atoms with E-state index in [1.54, 1.807) is 32.0 Å². The largest absolute Gasteiger partial charge is 0.466 e. The molecule has 0 aliphatic heterocycles. The quantitative estimate of drug-likeness (QED) is 0.800. The second-order valence-corrected chi connectivity index (χ2v) is 5.68. The van der Waals surface area contributed by atoms with Crippen LogP contribution in [0.15, 0.2) is 18.2 Å². The van der Waals surface area contributed by atoms with Crippen LogP contribution in [0.3, 0.4) is 0 Å². The van der Waals surface area contributed by atoms with Gasteiger partial charge in [0.05, 0.1) is 22.6 Å². The van der Waals surface area contributed by atoms with E-state index in [1.807, 2.05) is 6.92 Å². The molecule has 3 nitrogen and oxygen atoms in total. The standard InChI is InChI=1S/C15H20Cl2O3/c1-4-6-11(14(18)20-5-2)15(3,19)10-7-8-12(16)13(17)9-10/h7-9,11,19H,4-6H2,1-3H3. The Labute approximate surface area is 129 Å². The molecule has 0 saturated heterocycles. The van der Waals surface area contributed by atoms with Crippen molar-refractivity contribution in [3.8, 4) is 0 Å². The summed E-state index contributed by atoms with van der Waals surface area (Å²) in [4.78, 5) is 12.1. The molecule has 0 fully saturated rings. The maximum atomic E-state index is 12.1. The summed E-state index contributed by atoms with van der Waals surface area (Å²) in [6.07, 6.45) is 1.30. The van der Waals surface area contributed by atoms with Crippen molar-refractivity contribution in [1.82, 2.24) is 0 Å². The molecule has 0 aliphatic carbocycles. The molecule has 0 aromatic heterocycles. The number of halogens is 2. The molecule has 0 spiro atoms. The number of carbonyl (C=O) groups is 1. The third kappa shape index (κ3) is 3.87. The normalized spacial score (nSPS) is 15.5. The minimum absolute atomic E-state index is 0.288. The summed E-state index contributed by atoms with van der Waals surface area (Å²) in [5.74, 6) is -1.03. The highest BCUT2D eigenvalue weighted by atomic mass is 35.5. The molecule has 1 rings (SSSR count). The van der Waals surface area contributed by atoms with Crippen molar-refractivity contribution in [1.29, 1.82) is 0 Å². The van der Waals surface area contributed by atoms with Crippen LogP contribution in [0.4, 0.5) is 0 Å². The Morgan fingerprint density at radius 2 is 2.00 bits per heavy atom. The average molecular weight is 319 g/mol. The van der Waals surface area contributed by atoms with Crippen molar-refractivity contribution < 1.29 is 14.6 Å². The fourth-order valence-electron chi connectivity index (χ4n) is 2.17. The van der Waals surface area contributed by atoms with Gasteiger partial charge in [-0.15, -0.1) is 0 Å². The second-order valence-electron chi connectivity index (χ2n) is 4.87. The highest BCUT2D eigenvalue weighted by molar-refractivity contribution is 6.42. The SMILES string of the molecule is CCCC(C(=O)OCC)C(C)(O)c1ccc(Cl)c(Cl)c1. The first kappa shape index (κ1) is 17.3. The van der Waals surface area contributed by atoms with Gasteiger partial charge in [0.15, 0.2) is 0 Å². The Morgan fingerprint density at radius 3 is 2.50 bits per heavy atom. The van der Waals surface area contributed by atoms with E-state index in [0.717, 1.165) is 6.42 Å². The van der Waals surface area contributed by atoms with Gasteiger partial charge >= 0.3 is 5.97 Å². The molecule has 0 radical (unpaired) electrons. The zero-order valence-corrected chi connectivity index (χ0v) is 13.5. The van der Waals surface area contributed by atoms with E-state index in [1.165, 1.54) is 0 Å². The topological polar surface area (TPSA) is 46.5 Å². The molecule has 0 heterocycles. The average Bonchev–Trinajstić information content (AvgIpc) is 2.39. The van der Waals surface area contributed by atoms with Crippen LogP contribution in [0.5, 0.6) is 0 Å². The molecule has 2 atom stereocenters. The van der Waals surface area contributed by atoms with Crippen molar-refractivity contribution in [2.75, 3.05) is 6.61 Å². The molecule has 0 bridgehead atoms. The van der Waals surface area contributed by atoms with Crippen LogP contribution in [-0.2, 0) is 15.1 Å². The zero-order valence-electron chi connectivity index (χ0n) is 12.0. The van der Waals surface area contributed by atoms with Crippen LogP contribution in [-0.4, -0.2) is 17.7 Å². The van der Waals surface area contributed by atoms with Gasteiger partial charge in [0.2, 0.25) is 0 Å². The van der Waals surface area contributed by atoms with Gasteiger partial charge in [-0.05, 0) is 38.0 Å². The second kappa shape index (κ2) is 7.30. The molecular weight excluding hydrogens is 299 g/mol. The monoisotopic (exact) mass is 318 g/mol. The van der Waals surface area contributed by atoms with Crippen LogP contribution < -0.4 is 0 Å². The third-order valence-corrected chi connectivity index (χ3v) is 4.07. The zero-order chi connectivity index (χ0) is 15.3. The maximum absolute atomic E-state index is 12.1. The summed E-state index contributed by atoms with van der Waals surface area (Å²) in [5.41, 5.74) is -0.797. The van der Waals surface area contributed by atoms with Crippen molar-refractivity contribution in [3.05, 3.63) is 33.8 Å². The van der Waals surface area contributed by atoms with Gasteiger partial charge in [-0.2, -0.15) is 0 Å². The number of benzene rings is 1. The summed E-state index contributed by atoms with van der Waals surface area (Å²) in [6, 6.07) is 4.88. The maximum Gasteiger partial charge on any atom is 0.312 e. The highest BCUT2D eigenvalue weighted by Crippen LogP contribution is 2.36. The van der Waals surface area contributed by atoms with Crippen LogP contribution in [0.2, 0.25) is 10.0 Å². The lowest BCUT2D eigenvalue weighted by molar-refractivity contribution is -0.158. The predicted octanol–water partition coefficient (Wildman–Crippen LogP) is 4.18. The smallest absolute Gasteiger partial charge is 0.312 e. The lowest BCUT2D eigenvalue weighted by atomic mass is 9.80. The number of carbonyl (C=O) groups excluding carboxylic acids is 1. The Morgan fingerprint density at radius 1 is 1.35 bits per heavy atom. The van der Waals surface area contributed by atoms with E-state index in [0.29, 0.717) is 22.0 Å². The summed E-state index contributed by atoms with van der Waals surface area (Å²) >= 11 is 11.9. The third-order valence-electron chi connectivity index (χ3n) is 3.33. The number of hydrogen-bond donors (Lipinski definition) is 1. The molecule has 1 N–H and O–H groups in total. The van der Waals surface area contributed by atoms with E-state index in [9.17, 15) is 9.90 Å². The molecule has 1 aromatic carbocycles. The first-order valence-electron chi connectivity index (χ1n) is 6.69. The van der Waals surface area contributed by atoms with Crippen LogP contribution in [0.1, 0.15) is 39.2 Å². The van der Waals surface area contributed by atoms with Crippen molar-refractivity contribution in [2.24, 2.45) is 5.92 Å². The number of ether oxygens (including phenoxy) is 1. The lowest BCUT2D eigenvalue weighted by Crippen LogP contribution is -2.38. The molecule has 0 amide bonds. The van der Waals surface area contributed by atoms with Crippen molar-refractivity contribution in [2.45, 2.75) is 39.2 Å². The minimum atomic E-state index is -1.35. The van der Waals surface area contributed by atoms with Crippen LogP contribution >= 0.6 is 23.2 Å². The number of hydrogen-bond acceptors (Lipinski definition) is 3. The number of aliphatic hydroxyl groups is 1. The summed E-state index contributed by atoms with van der Waals surface area (Å²) < 4.78 is 5.06. The molecule has 0 saturated carbocycles. The Balaban J connectivity index is 3.13. The fourth-order valence-corrected chi connectivity index (χ4v) is 2.47.